The van der Waals surface area contributed by atoms with E-state index in [4.69, 9.17) is 9.15 Å². The fraction of sp³-hybridized carbons (Fsp3) is 0.444. The van der Waals surface area contributed by atoms with E-state index in [-0.39, 0.29) is 18.2 Å². The van der Waals surface area contributed by atoms with Crippen molar-refractivity contribution < 1.29 is 18.7 Å². The number of rotatable bonds is 1. The zero-order chi connectivity index (χ0) is 16.0. The van der Waals surface area contributed by atoms with Gasteiger partial charge in [0.15, 0.2) is 11.5 Å². The van der Waals surface area contributed by atoms with Crippen LogP contribution in [-0.4, -0.2) is 41.9 Å². The lowest BCUT2D eigenvalue weighted by Crippen LogP contribution is -2.53. The molecule has 5 heteroatoms. The van der Waals surface area contributed by atoms with Gasteiger partial charge >= 0.3 is 0 Å². The van der Waals surface area contributed by atoms with Crippen molar-refractivity contribution in [1.82, 2.24) is 4.90 Å². The summed E-state index contributed by atoms with van der Waals surface area (Å²) in [6.07, 6.45) is 2.27. The van der Waals surface area contributed by atoms with Crippen molar-refractivity contribution in [2.75, 3.05) is 19.7 Å². The minimum Gasteiger partial charge on any atom is -0.451 e. The van der Waals surface area contributed by atoms with Gasteiger partial charge < -0.3 is 14.1 Å². The molecular formula is C18H19NO4. The van der Waals surface area contributed by atoms with Gasteiger partial charge in [0, 0.05) is 30.5 Å². The van der Waals surface area contributed by atoms with Crippen LogP contribution in [0, 0.1) is 6.92 Å². The number of carbonyl (C=O) groups excluding carboxylic acids is 2. The number of likely N-dealkylation sites (tertiary alicyclic amines) is 1. The van der Waals surface area contributed by atoms with Crippen LogP contribution in [-0.2, 0) is 9.53 Å². The van der Waals surface area contributed by atoms with Gasteiger partial charge in [-0.1, -0.05) is 18.2 Å². The molecule has 1 spiro atoms. The first-order chi connectivity index (χ1) is 11.1. The van der Waals surface area contributed by atoms with E-state index >= 15 is 0 Å². The van der Waals surface area contributed by atoms with E-state index in [0.29, 0.717) is 30.9 Å². The van der Waals surface area contributed by atoms with Gasteiger partial charge in [-0.15, -0.1) is 0 Å². The van der Waals surface area contributed by atoms with Crippen LogP contribution >= 0.6 is 0 Å². The minimum atomic E-state index is -0.639. The second kappa shape index (κ2) is 5.20. The summed E-state index contributed by atoms with van der Waals surface area (Å²) in [5.74, 6) is 0.144. The van der Waals surface area contributed by atoms with Gasteiger partial charge in [0.1, 0.15) is 11.2 Å². The third-order valence-corrected chi connectivity index (χ3v) is 5.06. The van der Waals surface area contributed by atoms with Gasteiger partial charge in [-0.05, 0) is 25.8 Å². The predicted octanol–water partition coefficient (Wildman–Crippen LogP) is 2.71. The van der Waals surface area contributed by atoms with E-state index < -0.39 is 5.60 Å². The molecule has 5 nitrogen and oxygen atoms in total. The fourth-order valence-corrected chi connectivity index (χ4v) is 3.66. The van der Waals surface area contributed by atoms with E-state index in [1.165, 1.54) is 0 Å². The Morgan fingerprint density at radius 2 is 2.09 bits per heavy atom. The molecule has 2 fully saturated rings. The summed E-state index contributed by atoms with van der Waals surface area (Å²) in [7, 11) is 0. The Kier molecular flexibility index (Phi) is 3.27. The number of hydrogen-bond donors (Lipinski definition) is 0. The number of nitrogens with zero attached hydrogens (tertiary/aromatic N) is 1. The molecule has 1 aromatic heterocycles. The molecule has 23 heavy (non-hydrogen) atoms. The summed E-state index contributed by atoms with van der Waals surface area (Å²) in [5, 5.41) is 0.940. The molecule has 2 aliphatic rings. The molecule has 4 rings (SSSR count). The Balaban J connectivity index is 1.59. The van der Waals surface area contributed by atoms with Crippen LogP contribution in [0.4, 0.5) is 0 Å². The van der Waals surface area contributed by atoms with Crippen molar-refractivity contribution in [2.24, 2.45) is 0 Å². The van der Waals surface area contributed by atoms with Gasteiger partial charge in [0.2, 0.25) is 0 Å². The maximum absolute atomic E-state index is 12.8. The Labute approximate surface area is 134 Å². The molecule has 0 bridgehead atoms. The predicted molar refractivity (Wildman–Crippen MR) is 84.4 cm³/mol. The molecule has 2 aromatic rings. The second-order valence-electron chi connectivity index (χ2n) is 6.40. The quantitative estimate of drug-likeness (QED) is 0.812. The van der Waals surface area contributed by atoms with Crippen LogP contribution in [0.3, 0.4) is 0 Å². The third-order valence-electron chi connectivity index (χ3n) is 5.06. The highest BCUT2D eigenvalue weighted by Crippen LogP contribution is 2.34. The number of carbonyl (C=O) groups is 2. The summed E-state index contributed by atoms with van der Waals surface area (Å²) < 4.78 is 11.4. The number of amides is 1. The maximum atomic E-state index is 12.8. The van der Waals surface area contributed by atoms with E-state index in [1.54, 1.807) is 4.90 Å². The molecule has 1 atom stereocenters. The van der Waals surface area contributed by atoms with Crippen molar-refractivity contribution in [2.45, 2.75) is 31.8 Å². The number of Topliss-reactive ketones (excluding diaryl/α,β-unsaturated/α-hetero) is 1. The number of piperidine rings is 1. The molecule has 0 unspecified atom stereocenters. The van der Waals surface area contributed by atoms with Crippen LogP contribution in [0.1, 0.15) is 35.4 Å². The highest BCUT2D eigenvalue weighted by Gasteiger charge is 2.46. The number of para-hydroxylation sites is 1. The summed E-state index contributed by atoms with van der Waals surface area (Å²) in [5.41, 5.74) is 0.891. The Morgan fingerprint density at radius 1 is 1.26 bits per heavy atom. The topological polar surface area (TPSA) is 59.8 Å². The standard InChI is InChI=1S/C18H19NO4/c1-12-13-5-2-3-6-14(13)23-16(12)17(21)19-9-8-18(15(20)11-19)7-4-10-22-18/h2-3,5-6H,4,7-11H2,1H3/t18-/m1/s1. The first-order valence-corrected chi connectivity index (χ1v) is 8.05. The largest absolute Gasteiger partial charge is 0.451 e. The molecule has 0 saturated carbocycles. The number of aryl methyl sites for hydroxylation is 1. The van der Waals surface area contributed by atoms with Crippen LogP contribution in [0.15, 0.2) is 28.7 Å². The average Bonchev–Trinajstić information content (AvgIpc) is 3.16. The highest BCUT2D eigenvalue weighted by atomic mass is 16.5. The summed E-state index contributed by atoms with van der Waals surface area (Å²) in [6.45, 7) is 3.16. The second-order valence-corrected chi connectivity index (χ2v) is 6.40. The summed E-state index contributed by atoms with van der Waals surface area (Å²) >= 11 is 0. The number of benzene rings is 1. The molecule has 1 amide bonds. The Bertz CT molecular complexity index is 785. The van der Waals surface area contributed by atoms with Crippen molar-refractivity contribution in [3.8, 4) is 0 Å². The number of furan rings is 1. The smallest absolute Gasteiger partial charge is 0.290 e. The lowest BCUT2D eigenvalue weighted by molar-refractivity contribution is -0.144. The van der Waals surface area contributed by atoms with Crippen LogP contribution in [0.5, 0.6) is 0 Å². The molecule has 0 N–H and O–H groups in total. The first-order valence-electron chi connectivity index (χ1n) is 8.05. The van der Waals surface area contributed by atoms with Crippen LogP contribution in [0.25, 0.3) is 11.0 Å². The molecule has 0 radical (unpaired) electrons. The molecule has 1 aromatic carbocycles. The number of ether oxygens (including phenoxy) is 1. The Morgan fingerprint density at radius 3 is 2.78 bits per heavy atom. The highest BCUT2D eigenvalue weighted by molar-refractivity contribution is 6.02. The summed E-state index contributed by atoms with van der Waals surface area (Å²) in [6, 6.07) is 7.59. The normalized spacial score (nSPS) is 24.7. The average molecular weight is 313 g/mol. The van der Waals surface area contributed by atoms with Crippen LogP contribution in [0.2, 0.25) is 0 Å². The van der Waals surface area contributed by atoms with E-state index in [0.717, 1.165) is 23.8 Å². The SMILES string of the molecule is Cc1c(C(=O)N2CC[C@]3(CCCO3)C(=O)C2)oc2ccccc12. The monoisotopic (exact) mass is 313 g/mol. The Hall–Kier alpha value is -2.14. The summed E-state index contributed by atoms with van der Waals surface area (Å²) in [4.78, 5) is 26.8. The van der Waals surface area contributed by atoms with Gasteiger partial charge in [-0.3, -0.25) is 9.59 Å². The molecule has 120 valence electrons. The maximum Gasteiger partial charge on any atom is 0.290 e. The zero-order valence-electron chi connectivity index (χ0n) is 13.1. The van der Waals surface area contributed by atoms with Crippen molar-refractivity contribution in [3.05, 3.63) is 35.6 Å². The fourth-order valence-electron chi connectivity index (χ4n) is 3.66. The first kappa shape index (κ1) is 14.5. The molecule has 3 heterocycles. The van der Waals surface area contributed by atoms with Gasteiger partial charge in [0.05, 0.1) is 6.54 Å². The van der Waals surface area contributed by atoms with Gasteiger partial charge in [0.25, 0.3) is 5.91 Å². The number of fused-ring (bicyclic) bond motifs is 1. The zero-order valence-corrected chi connectivity index (χ0v) is 13.1. The molecule has 0 aliphatic carbocycles. The molecule has 2 aliphatic heterocycles. The minimum absolute atomic E-state index is 0.0170. The van der Waals surface area contributed by atoms with Gasteiger partial charge in [-0.2, -0.15) is 0 Å². The lowest BCUT2D eigenvalue weighted by atomic mass is 9.87. The van der Waals surface area contributed by atoms with Gasteiger partial charge in [-0.25, -0.2) is 0 Å². The number of ketones is 1. The lowest BCUT2D eigenvalue weighted by Gasteiger charge is -2.36. The molecule has 2 saturated heterocycles. The third kappa shape index (κ3) is 2.18. The number of hydrogen-bond acceptors (Lipinski definition) is 4. The van der Waals surface area contributed by atoms with Crippen molar-refractivity contribution >= 4 is 22.7 Å². The molecular weight excluding hydrogens is 294 g/mol. The van der Waals surface area contributed by atoms with E-state index in [2.05, 4.69) is 0 Å². The van der Waals surface area contributed by atoms with E-state index in [9.17, 15) is 9.59 Å². The van der Waals surface area contributed by atoms with Crippen molar-refractivity contribution in [1.29, 1.82) is 0 Å². The van der Waals surface area contributed by atoms with E-state index in [1.807, 2.05) is 31.2 Å². The van der Waals surface area contributed by atoms with Crippen molar-refractivity contribution in [3.63, 3.8) is 0 Å². The van der Waals surface area contributed by atoms with Crippen LogP contribution < -0.4 is 0 Å².